The second-order valence-electron chi connectivity index (χ2n) is 4.42. The molecule has 0 aromatic heterocycles. The van der Waals surface area contributed by atoms with E-state index in [-0.39, 0.29) is 11.6 Å². The minimum atomic E-state index is -1.41. The van der Waals surface area contributed by atoms with Crippen molar-refractivity contribution in [3.63, 3.8) is 0 Å². The van der Waals surface area contributed by atoms with Crippen molar-refractivity contribution in [3.05, 3.63) is 0 Å². The molecule has 0 spiro atoms. The molecule has 84 valence electrons. The summed E-state index contributed by atoms with van der Waals surface area (Å²) in [5, 5.41) is 17.8. The highest BCUT2D eigenvalue weighted by Gasteiger charge is 2.40. The largest absolute Gasteiger partial charge is 0.458 e. The molecule has 0 fully saturated rings. The lowest BCUT2D eigenvalue weighted by molar-refractivity contribution is -0.355. The summed E-state index contributed by atoms with van der Waals surface area (Å²) in [5.41, 5.74) is -2.04. The number of carbonyl (C=O) groups excluding carboxylic acids is 1. The molecule has 5 nitrogen and oxygen atoms in total. The Hall–Kier alpha value is -0.650. The van der Waals surface area contributed by atoms with E-state index in [0.717, 1.165) is 0 Å². The number of nitrogens with zero attached hydrogens (tertiary/aromatic N) is 1. The number of ether oxygens (including phenoxy) is 1. The molecule has 0 saturated heterocycles. The maximum atomic E-state index is 11.6. The van der Waals surface area contributed by atoms with Gasteiger partial charge in [0, 0.05) is 0 Å². The van der Waals surface area contributed by atoms with Gasteiger partial charge in [-0.05, 0) is 34.1 Å². The zero-order valence-electron chi connectivity index (χ0n) is 9.37. The van der Waals surface area contributed by atoms with Crippen LogP contribution in [0.25, 0.3) is 0 Å². The Morgan fingerprint density at radius 3 is 1.93 bits per heavy atom. The second kappa shape index (κ2) is 4.25. The standard InChI is InChI=1S/C9H19NO4/c1-6-9(5,10(12)13)7(11)14-8(2,3)4/h12-13H,6H2,1-5H3. The van der Waals surface area contributed by atoms with E-state index in [0.29, 0.717) is 0 Å². The Bertz CT molecular complexity index is 209. The lowest BCUT2D eigenvalue weighted by Gasteiger charge is -2.32. The maximum absolute atomic E-state index is 11.6. The molecule has 0 aliphatic rings. The minimum Gasteiger partial charge on any atom is -0.458 e. The predicted molar refractivity (Wildman–Crippen MR) is 50.0 cm³/mol. The third-order valence-electron chi connectivity index (χ3n) is 1.97. The Balaban J connectivity index is 4.64. The third-order valence-corrected chi connectivity index (χ3v) is 1.97. The number of esters is 1. The highest BCUT2D eigenvalue weighted by molar-refractivity contribution is 5.80. The zero-order valence-corrected chi connectivity index (χ0v) is 9.37. The predicted octanol–water partition coefficient (Wildman–Crippen LogP) is 1.58. The molecule has 0 radical (unpaired) electrons. The van der Waals surface area contributed by atoms with Crippen LogP contribution in [-0.2, 0) is 9.53 Å². The molecule has 0 aliphatic carbocycles. The monoisotopic (exact) mass is 205 g/mol. The first kappa shape index (κ1) is 13.4. The highest BCUT2D eigenvalue weighted by atomic mass is 16.8. The van der Waals surface area contributed by atoms with E-state index in [4.69, 9.17) is 15.2 Å². The summed E-state index contributed by atoms with van der Waals surface area (Å²) < 4.78 is 5.05. The number of rotatable bonds is 3. The summed E-state index contributed by atoms with van der Waals surface area (Å²) in [6, 6.07) is 0. The molecule has 0 heterocycles. The number of hydrogen-bond donors (Lipinski definition) is 2. The van der Waals surface area contributed by atoms with Gasteiger partial charge in [0.25, 0.3) is 0 Å². The SMILES string of the molecule is CCC(C)(C(=O)OC(C)(C)C)N(O)O. The summed E-state index contributed by atoms with van der Waals surface area (Å²) in [5.74, 6) is -0.655. The summed E-state index contributed by atoms with van der Waals surface area (Å²) in [4.78, 5) is 11.6. The van der Waals surface area contributed by atoms with E-state index in [2.05, 4.69) is 0 Å². The van der Waals surface area contributed by atoms with Gasteiger partial charge in [-0.15, -0.1) is 0 Å². The van der Waals surface area contributed by atoms with Crippen LogP contribution in [0.15, 0.2) is 0 Å². The van der Waals surface area contributed by atoms with Gasteiger partial charge in [-0.3, -0.25) is 10.4 Å². The molecule has 1 unspecified atom stereocenters. The molecule has 1 atom stereocenters. The van der Waals surface area contributed by atoms with Gasteiger partial charge in [0.05, 0.1) is 0 Å². The lowest BCUT2D eigenvalue weighted by Crippen LogP contribution is -2.51. The molecule has 0 amide bonds. The molecule has 0 saturated carbocycles. The van der Waals surface area contributed by atoms with Crippen LogP contribution in [-0.4, -0.2) is 32.8 Å². The van der Waals surface area contributed by atoms with E-state index in [9.17, 15) is 4.79 Å². The van der Waals surface area contributed by atoms with Gasteiger partial charge in [0.2, 0.25) is 0 Å². The first-order valence-electron chi connectivity index (χ1n) is 4.55. The van der Waals surface area contributed by atoms with Crippen LogP contribution in [0, 0.1) is 0 Å². The van der Waals surface area contributed by atoms with Gasteiger partial charge >= 0.3 is 5.97 Å². The summed E-state index contributed by atoms with van der Waals surface area (Å²) in [6.45, 7) is 8.24. The fraction of sp³-hybridized carbons (Fsp3) is 0.889. The molecule has 0 bridgehead atoms. The smallest absolute Gasteiger partial charge is 0.331 e. The Labute approximate surface area is 84.2 Å². The van der Waals surface area contributed by atoms with Crippen molar-refractivity contribution in [1.82, 2.24) is 5.23 Å². The van der Waals surface area contributed by atoms with Gasteiger partial charge in [0.15, 0.2) is 5.54 Å². The fourth-order valence-corrected chi connectivity index (χ4v) is 0.755. The maximum Gasteiger partial charge on any atom is 0.331 e. The molecular formula is C9H19NO4. The molecule has 0 aromatic carbocycles. The van der Waals surface area contributed by atoms with Gasteiger partial charge in [-0.1, -0.05) is 12.2 Å². The quantitative estimate of drug-likeness (QED) is 0.540. The van der Waals surface area contributed by atoms with Gasteiger partial charge in [0.1, 0.15) is 5.60 Å². The number of carbonyl (C=O) groups is 1. The van der Waals surface area contributed by atoms with Crippen LogP contribution in [0.4, 0.5) is 0 Å². The average Bonchev–Trinajstić information content (AvgIpc) is 1.99. The van der Waals surface area contributed by atoms with E-state index >= 15 is 0 Å². The summed E-state index contributed by atoms with van der Waals surface area (Å²) in [6.07, 6.45) is 0.245. The Kier molecular flexibility index (Phi) is 4.05. The second-order valence-corrected chi connectivity index (χ2v) is 4.42. The average molecular weight is 205 g/mol. The van der Waals surface area contributed by atoms with Crippen molar-refractivity contribution in [2.75, 3.05) is 0 Å². The number of hydrogen-bond acceptors (Lipinski definition) is 5. The molecule has 2 N–H and O–H groups in total. The van der Waals surface area contributed by atoms with Crippen molar-refractivity contribution >= 4 is 5.97 Å². The van der Waals surface area contributed by atoms with E-state index < -0.39 is 17.1 Å². The van der Waals surface area contributed by atoms with Gasteiger partial charge in [-0.2, -0.15) is 0 Å². The Morgan fingerprint density at radius 1 is 1.29 bits per heavy atom. The number of hydroxylamine groups is 2. The van der Waals surface area contributed by atoms with Crippen LogP contribution in [0.2, 0.25) is 0 Å². The molecular weight excluding hydrogens is 186 g/mol. The summed E-state index contributed by atoms with van der Waals surface area (Å²) >= 11 is 0. The van der Waals surface area contributed by atoms with Crippen molar-refractivity contribution in [2.45, 2.75) is 52.2 Å². The van der Waals surface area contributed by atoms with Crippen LogP contribution < -0.4 is 0 Å². The zero-order chi connectivity index (χ0) is 11.6. The van der Waals surface area contributed by atoms with Crippen molar-refractivity contribution in [3.8, 4) is 0 Å². The topological polar surface area (TPSA) is 70.0 Å². The van der Waals surface area contributed by atoms with Crippen LogP contribution in [0.1, 0.15) is 41.0 Å². The lowest BCUT2D eigenvalue weighted by atomic mass is 10.00. The molecule has 14 heavy (non-hydrogen) atoms. The van der Waals surface area contributed by atoms with Crippen molar-refractivity contribution in [2.24, 2.45) is 0 Å². The van der Waals surface area contributed by atoms with Crippen LogP contribution >= 0.6 is 0 Å². The first-order chi connectivity index (χ1) is 6.13. The Morgan fingerprint density at radius 2 is 1.71 bits per heavy atom. The van der Waals surface area contributed by atoms with E-state index in [1.165, 1.54) is 6.92 Å². The molecule has 0 aliphatic heterocycles. The van der Waals surface area contributed by atoms with Crippen LogP contribution in [0.3, 0.4) is 0 Å². The minimum absolute atomic E-state index is 0.0962. The van der Waals surface area contributed by atoms with Gasteiger partial charge in [-0.25, -0.2) is 4.79 Å². The molecule has 5 heteroatoms. The highest BCUT2D eigenvalue weighted by Crippen LogP contribution is 2.21. The first-order valence-corrected chi connectivity index (χ1v) is 4.55. The molecule has 0 aromatic rings. The van der Waals surface area contributed by atoms with Crippen molar-refractivity contribution < 1.29 is 19.9 Å². The van der Waals surface area contributed by atoms with E-state index in [1.54, 1.807) is 27.7 Å². The third kappa shape index (κ3) is 3.25. The normalized spacial score (nSPS) is 16.6. The molecule has 0 rings (SSSR count). The van der Waals surface area contributed by atoms with Crippen molar-refractivity contribution in [1.29, 1.82) is 0 Å². The van der Waals surface area contributed by atoms with E-state index in [1.807, 2.05) is 0 Å². The van der Waals surface area contributed by atoms with Crippen LogP contribution in [0.5, 0.6) is 0 Å². The summed E-state index contributed by atoms with van der Waals surface area (Å²) in [7, 11) is 0. The fourth-order valence-electron chi connectivity index (χ4n) is 0.755. The van der Waals surface area contributed by atoms with Gasteiger partial charge < -0.3 is 4.74 Å².